The van der Waals surface area contributed by atoms with Crippen molar-refractivity contribution in [2.45, 2.75) is 13.8 Å². The van der Waals surface area contributed by atoms with Crippen molar-refractivity contribution in [2.24, 2.45) is 0 Å². The zero-order valence-corrected chi connectivity index (χ0v) is 13.6. The largest absolute Gasteiger partial charge is 0.368 e. The van der Waals surface area contributed by atoms with E-state index in [1.807, 2.05) is 26.0 Å². The molecule has 0 unspecified atom stereocenters. The van der Waals surface area contributed by atoms with Gasteiger partial charge < -0.3 is 5.32 Å². The minimum atomic E-state index is -3.18. The van der Waals surface area contributed by atoms with Crippen LogP contribution in [0.15, 0.2) is 24.5 Å². The average molecular weight is 321 g/mol. The maximum atomic E-state index is 11.0. The lowest BCUT2D eigenvalue weighted by Gasteiger charge is -2.12. The van der Waals surface area contributed by atoms with Gasteiger partial charge in [0, 0.05) is 42.3 Å². The number of aromatic nitrogens is 3. The fraction of sp³-hybridized carbons (Fsp3) is 0.357. The second-order valence-electron chi connectivity index (χ2n) is 4.94. The highest BCUT2D eigenvalue weighted by Gasteiger charge is 2.09. The van der Waals surface area contributed by atoms with Gasteiger partial charge in [0.15, 0.2) is 5.82 Å². The molecule has 0 atom stereocenters. The molecule has 2 rings (SSSR count). The van der Waals surface area contributed by atoms with Crippen molar-refractivity contribution in [3.8, 4) is 11.4 Å². The molecule has 0 radical (unpaired) electrons. The van der Waals surface area contributed by atoms with Crippen molar-refractivity contribution in [1.29, 1.82) is 0 Å². The van der Waals surface area contributed by atoms with Gasteiger partial charge >= 0.3 is 0 Å². The first-order valence-electron chi connectivity index (χ1n) is 6.81. The molecule has 0 bridgehead atoms. The van der Waals surface area contributed by atoms with Gasteiger partial charge in [-0.2, -0.15) is 0 Å². The standard InChI is InChI=1S/C14H19N5O2S/c1-10-11(2)18-14(12-5-4-6-15-9-12)19-13(10)16-7-8-17-22(3,20)21/h4-6,9,17H,7-8H2,1-3H3,(H,16,18,19). The van der Waals surface area contributed by atoms with E-state index in [2.05, 4.69) is 25.0 Å². The summed E-state index contributed by atoms with van der Waals surface area (Å²) in [5.41, 5.74) is 2.64. The lowest BCUT2D eigenvalue weighted by Crippen LogP contribution is -2.28. The first-order valence-corrected chi connectivity index (χ1v) is 8.70. The monoisotopic (exact) mass is 321 g/mol. The summed E-state index contributed by atoms with van der Waals surface area (Å²) in [7, 11) is -3.18. The molecule has 8 heteroatoms. The van der Waals surface area contributed by atoms with E-state index < -0.39 is 10.0 Å². The third kappa shape index (κ3) is 4.47. The van der Waals surface area contributed by atoms with Gasteiger partial charge in [-0.1, -0.05) is 0 Å². The van der Waals surface area contributed by atoms with Gasteiger partial charge in [0.25, 0.3) is 0 Å². The van der Waals surface area contributed by atoms with Gasteiger partial charge in [-0.25, -0.2) is 23.1 Å². The van der Waals surface area contributed by atoms with Crippen molar-refractivity contribution in [2.75, 3.05) is 24.7 Å². The summed E-state index contributed by atoms with van der Waals surface area (Å²) in [6, 6.07) is 3.73. The molecule has 0 aromatic carbocycles. The molecule has 0 spiro atoms. The number of rotatable bonds is 6. The fourth-order valence-electron chi connectivity index (χ4n) is 1.84. The molecule has 0 fully saturated rings. The second-order valence-corrected chi connectivity index (χ2v) is 6.77. The molecular weight excluding hydrogens is 302 g/mol. The maximum absolute atomic E-state index is 11.0. The Hall–Kier alpha value is -2.06. The van der Waals surface area contributed by atoms with Gasteiger partial charge in [0.2, 0.25) is 10.0 Å². The smallest absolute Gasteiger partial charge is 0.208 e. The first kappa shape index (κ1) is 16.3. The Balaban J connectivity index is 2.15. The molecule has 0 saturated carbocycles. The molecular formula is C14H19N5O2S. The molecule has 2 heterocycles. The molecule has 7 nitrogen and oxygen atoms in total. The second kappa shape index (κ2) is 6.80. The Labute approximate surface area is 130 Å². The van der Waals surface area contributed by atoms with E-state index in [9.17, 15) is 8.42 Å². The van der Waals surface area contributed by atoms with Gasteiger partial charge in [-0.3, -0.25) is 4.98 Å². The molecule has 118 valence electrons. The van der Waals surface area contributed by atoms with E-state index in [1.54, 1.807) is 12.4 Å². The third-order valence-electron chi connectivity index (χ3n) is 3.09. The number of hydrogen-bond acceptors (Lipinski definition) is 6. The van der Waals surface area contributed by atoms with Crippen LogP contribution in [0.5, 0.6) is 0 Å². The molecule has 2 aromatic rings. The van der Waals surface area contributed by atoms with Crippen LogP contribution in [0, 0.1) is 13.8 Å². The van der Waals surface area contributed by atoms with Gasteiger partial charge in [0.05, 0.1) is 6.26 Å². The highest BCUT2D eigenvalue weighted by molar-refractivity contribution is 7.88. The zero-order valence-electron chi connectivity index (χ0n) is 12.8. The zero-order chi connectivity index (χ0) is 16.2. The highest BCUT2D eigenvalue weighted by Crippen LogP contribution is 2.20. The Morgan fingerprint density at radius 1 is 1.18 bits per heavy atom. The molecule has 0 aliphatic carbocycles. The van der Waals surface area contributed by atoms with Crippen LogP contribution in [0.4, 0.5) is 5.82 Å². The van der Waals surface area contributed by atoms with E-state index in [0.717, 1.165) is 23.1 Å². The molecule has 0 amide bonds. The van der Waals surface area contributed by atoms with Crippen LogP contribution in [0.1, 0.15) is 11.3 Å². The number of nitrogens with zero attached hydrogens (tertiary/aromatic N) is 3. The number of anilines is 1. The fourth-order valence-corrected chi connectivity index (χ4v) is 2.32. The molecule has 2 aromatic heterocycles. The number of aryl methyl sites for hydroxylation is 1. The predicted octanol–water partition coefficient (Wildman–Crippen LogP) is 1.12. The maximum Gasteiger partial charge on any atom is 0.208 e. The highest BCUT2D eigenvalue weighted by atomic mass is 32.2. The first-order chi connectivity index (χ1) is 10.4. The summed E-state index contributed by atoms with van der Waals surface area (Å²) < 4.78 is 24.5. The van der Waals surface area contributed by atoms with Gasteiger partial charge in [-0.05, 0) is 26.0 Å². The Morgan fingerprint density at radius 2 is 1.95 bits per heavy atom. The van der Waals surface area contributed by atoms with Crippen LogP contribution < -0.4 is 10.0 Å². The lowest BCUT2D eigenvalue weighted by atomic mass is 10.2. The summed E-state index contributed by atoms with van der Waals surface area (Å²) >= 11 is 0. The van der Waals surface area contributed by atoms with Crippen molar-refractivity contribution < 1.29 is 8.42 Å². The number of hydrogen-bond donors (Lipinski definition) is 2. The Bertz CT molecular complexity index is 747. The summed E-state index contributed by atoms with van der Waals surface area (Å²) in [6.45, 7) is 4.58. The Kier molecular flexibility index (Phi) is 5.04. The third-order valence-corrected chi connectivity index (χ3v) is 3.82. The van der Waals surface area contributed by atoms with Crippen molar-refractivity contribution in [3.05, 3.63) is 35.8 Å². The van der Waals surface area contributed by atoms with Gasteiger partial charge in [0.1, 0.15) is 5.82 Å². The summed E-state index contributed by atoms with van der Waals surface area (Å²) in [5, 5.41) is 3.14. The SMILES string of the molecule is Cc1nc(-c2cccnc2)nc(NCCNS(C)(=O)=O)c1C. The van der Waals surface area contributed by atoms with Crippen LogP contribution >= 0.6 is 0 Å². The summed E-state index contributed by atoms with van der Waals surface area (Å²) in [4.78, 5) is 13.0. The van der Waals surface area contributed by atoms with E-state index in [-0.39, 0.29) is 0 Å². The minimum absolute atomic E-state index is 0.295. The van der Waals surface area contributed by atoms with Crippen LogP contribution in [0.2, 0.25) is 0 Å². The normalized spacial score (nSPS) is 11.4. The van der Waals surface area contributed by atoms with E-state index in [0.29, 0.717) is 24.7 Å². The van der Waals surface area contributed by atoms with Crippen molar-refractivity contribution >= 4 is 15.8 Å². The number of sulfonamides is 1. The van der Waals surface area contributed by atoms with Crippen LogP contribution in [0.25, 0.3) is 11.4 Å². The summed E-state index contributed by atoms with van der Waals surface area (Å²) in [5.74, 6) is 1.29. The molecule has 22 heavy (non-hydrogen) atoms. The van der Waals surface area contributed by atoms with Crippen molar-refractivity contribution in [1.82, 2.24) is 19.7 Å². The molecule has 2 N–H and O–H groups in total. The van der Waals surface area contributed by atoms with Crippen LogP contribution in [0.3, 0.4) is 0 Å². The predicted molar refractivity (Wildman–Crippen MR) is 86.1 cm³/mol. The molecule has 0 saturated heterocycles. The number of pyridine rings is 1. The van der Waals surface area contributed by atoms with E-state index >= 15 is 0 Å². The quantitative estimate of drug-likeness (QED) is 0.774. The molecule has 0 aliphatic heterocycles. The van der Waals surface area contributed by atoms with Crippen LogP contribution in [-0.4, -0.2) is 42.7 Å². The van der Waals surface area contributed by atoms with E-state index in [1.165, 1.54) is 0 Å². The van der Waals surface area contributed by atoms with E-state index in [4.69, 9.17) is 0 Å². The van der Waals surface area contributed by atoms with Gasteiger partial charge in [-0.15, -0.1) is 0 Å². The molecule has 0 aliphatic rings. The average Bonchev–Trinajstić information content (AvgIpc) is 2.47. The number of nitrogens with one attached hydrogen (secondary N) is 2. The summed E-state index contributed by atoms with van der Waals surface area (Å²) in [6.07, 6.45) is 4.53. The lowest BCUT2D eigenvalue weighted by molar-refractivity contribution is 0.589. The van der Waals surface area contributed by atoms with Crippen molar-refractivity contribution in [3.63, 3.8) is 0 Å². The van der Waals surface area contributed by atoms with Crippen LogP contribution in [-0.2, 0) is 10.0 Å². The Morgan fingerprint density at radius 3 is 2.59 bits per heavy atom. The topological polar surface area (TPSA) is 96.9 Å². The minimum Gasteiger partial charge on any atom is -0.368 e.